The molecular formula is C8H6ClNO2. The average molecular weight is 184 g/mol. The van der Waals surface area contributed by atoms with Crippen molar-refractivity contribution >= 4 is 29.5 Å². The maximum atomic E-state index is 10.6. The lowest BCUT2D eigenvalue weighted by Crippen LogP contribution is -2.12. The summed E-state index contributed by atoms with van der Waals surface area (Å²) >= 11 is 5.69. The monoisotopic (exact) mass is 183 g/mol. The van der Waals surface area contributed by atoms with Gasteiger partial charge in [-0.15, -0.1) is 0 Å². The van der Waals surface area contributed by atoms with Gasteiger partial charge in [0.2, 0.25) is 6.29 Å². The van der Waals surface area contributed by atoms with Gasteiger partial charge in [-0.25, -0.2) is 0 Å². The molecule has 1 aromatic carbocycles. The number of para-hydroxylation sites is 1. The summed E-state index contributed by atoms with van der Waals surface area (Å²) in [6.45, 7) is 0. The third-order valence-corrected chi connectivity index (χ3v) is 1.57. The van der Waals surface area contributed by atoms with Gasteiger partial charge in [0.15, 0.2) is 0 Å². The number of halogens is 1. The summed E-state index contributed by atoms with van der Waals surface area (Å²) in [5.41, 5.74) is 0.441. The second kappa shape index (κ2) is 3.88. The second-order valence-electron chi connectivity index (χ2n) is 2.09. The van der Waals surface area contributed by atoms with Gasteiger partial charge in [0.25, 0.3) is 5.91 Å². The van der Waals surface area contributed by atoms with Crippen LogP contribution < -0.4 is 5.32 Å². The first-order valence-electron chi connectivity index (χ1n) is 3.24. The molecule has 0 bridgehead atoms. The highest BCUT2D eigenvalue weighted by molar-refractivity contribution is 6.36. The van der Waals surface area contributed by atoms with Gasteiger partial charge >= 0.3 is 0 Å². The summed E-state index contributed by atoms with van der Waals surface area (Å²) in [7, 11) is 0. The first-order chi connectivity index (χ1) is 5.74. The molecule has 0 saturated carbocycles. The minimum Gasteiger partial charge on any atom is -0.318 e. The zero-order valence-electron chi connectivity index (χ0n) is 6.08. The first kappa shape index (κ1) is 8.74. The number of amides is 1. The van der Waals surface area contributed by atoms with Crippen LogP contribution in [0.2, 0.25) is 5.02 Å². The van der Waals surface area contributed by atoms with Crippen molar-refractivity contribution in [3.8, 4) is 0 Å². The smallest absolute Gasteiger partial charge is 0.288 e. The molecule has 4 heteroatoms. The van der Waals surface area contributed by atoms with Crippen molar-refractivity contribution in [1.29, 1.82) is 0 Å². The highest BCUT2D eigenvalue weighted by Crippen LogP contribution is 2.19. The van der Waals surface area contributed by atoms with Gasteiger partial charge < -0.3 is 5.32 Å². The molecule has 0 radical (unpaired) electrons. The molecule has 1 rings (SSSR count). The number of carbonyl (C=O) groups is 2. The van der Waals surface area contributed by atoms with E-state index >= 15 is 0 Å². The third kappa shape index (κ3) is 2.07. The minimum absolute atomic E-state index is 0.198. The Balaban J connectivity index is 2.82. The lowest BCUT2D eigenvalue weighted by molar-refractivity contribution is -0.127. The maximum Gasteiger partial charge on any atom is 0.288 e. The molecule has 1 N–H and O–H groups in total. The van der Waals surface area contributed by atoms with E-state index in [1.165, 1.54) is 0 Å². The molecule has 0 unspecified atom stereocenters. The molecular weight excluding hydrogens is 178 g/mol. The van der Waals surface area contributed by atoms with Crippen molar-refractivity contribution in [2.45, 2.75) is 0 Å². The summed E-state index contributed by atoms with van der Waals surface area (Å²) in [5, 5.41) is 2.73. The molecule has 62 valence electrons. The van der Waals surface area contributed by atoms with Crippen LogP contribution in [-0.2, 0) is 9.59 Å². The van der Waals surface area contributed by atoms with Crippen LogP contribution in [0.25, 0.3) is 0 Å². The van der Waals surface area contributed by atoms with Crippen molar-refractivity contribution in [3.63, 3.8) is 0 Å². The molecule has 0 aliphatic carbocycles. The Morgan fingerprint density at radius 1 is 1.42 bits per heavy atom. The van der Waals surface area contributed by atoms with Crippen LogP contribution >= 0.6 is 11.6 Å². The van der Waals surface area contributed by atoms with E-state index in [-0.39, 0.29) is 6.29 Å². The van der Waals surface area contributed by atoms with Crippen LogP contribution in [-0.4, -0.2) is 12.2 Å². The molecule has 0 spiro atoms. The fourth-order valence-corrected chi connectivity index (χ4v) is 0.908. The Labute approximate surface area is 74.3 Å². The number of carbonyl (C=O) groups excluding carboxylic acids is 2. The second-order valence-corrected chi connectivity index (χ2v) is 2.49. The molecule has 0 aromatic heterocycles. The van der Waals surface area contributed by atoms with Gasteiger partial charge in [-0.2, -0.15) is 0 Å². The summed E-state index contributed by atoms with van der Waals surface area (Å²) in [5.74, 6) is -0.705. The van der Waals surface area contributed by atoms with Crippen LogP contribution in [0.3, 0.4) is 0 Å². The topological polar surface area (TPSA) is 46.2 Å². The number of hydrogen-bond acceptors (Lipinski definition) is 2. The molecule has 1 aromatic rings. The summed E-state index contributed by atoms with van der Waals surface area (Å²) in [4.78, 5) is 20.6. The van der Waals surface area contributed by atoms with E-state index in [2.05, 4.69) is 5.32 Å². The van der Waals surface area contributed by atoms with Crippen LogP contribution in [0, 0.1) is 0 Å². The van der Waals surface area contributed by atoms with Gasteiger partial charge in [-0.05, 0) is 12.1 Å². The quantitative estimate of drug-likeness (QED) is 0.558. The molecule has 0 heterocycles. The largest absolute Gasteiger partial charge is 0.318 e. The van der Waals surface area contributed by atoms with E-state index in [4.69, 9.17) is 11.6 Å². The fraction of sp³-hybridized carbons (Fsp3) is 0. The van der Waals surface area contributed by atoms with E-state index in [1.54, 1.807) is 24.3 Å². The zero-order chi connectivity index (χ0) is 8.97. The molecule has 0 saturated heterocycles. The van der Waals surface area contributed by atoms with Gasteiger partial charge in [0, 0.05) is 0 Å². The van der Waals surface area contributed by atoms with Crippen molar-refractivity contribution in [2.24, 2.45) is 0 Å². The highest BCUT2D eigenvalue weighted by Gasteiger charge is 2.01. The molecule has 0 fully saturated rings. The zero-order valence-corrected chi connectivity index (χ0v) is 6.84. The number of aldehydes is 1. The number of hydrogen-bond donors (Lipinski definition) is 1. The normalized spacial score (nSPS) is 9.08. The van der Waals surface area contributed by atoms with Crippen LogP contribution in [0.4, 0.5) is 5.69 Å². The summed E-state index contributed by atoms with van der Waals surface area (Å²) in [6, 6.07) is 6.69. The molecule has 3 nitrogen and oxygen atoms in total. The third-order valence-electron chi connectivity index (χ3n) is 1.24. The van der Waals surface area contributed by atoms with Crippen LogP contribution in [0.15, 0.2) is 24.3 Å². The van der Waals surface area contributed by atoms with E-state index < -0.39 is 5.91 Å². The molecule has 1 amide bonds. The van der Waals surface area contributed by atoms with Gasteiger partial charge in [0.1, 0.15) is 0 Å². The Bertz CT molecular complexity index is 312. The number of nitrogens with one attached hydrogen (secondary N) is 1. The highest BCUT2D eigenvalue weighted by atomic mass is 35.5. The van der Waals surface area contributed by atoms with Crippen LogP contribution in [0.1, 0.15) is 0 Å². The van der Waals surface area contributed by atoms with Crippen molar-refractivity contribution < 1.29 is 9.59 Å². The number of anilines is 1. The lowest BCUT2D eigenvalue weighted by Gasteiger charge is -2.01. The maximum absolute atomic E-state index is 10.6. The van der Waals surface area contributed by atoms with E-state index in [1.807, 2.05) is 0 Å². The van der Waals surface area contributed by atoms with Crippen molar-refractivity contribution in [2.75, 3.05) is 5.32 Å². The lowest BCUT2D eigenvalue weighted by atomic mass is 10.3. The summed E-state index contributed by atoms with van der Waals surface area (Å²) in [6.07, 6.45) is 0.198. The fourth-order valence-electron chi connectivity index (χ4n) is 0.725. The van der Waals surface area contributed by atoms with Gasteiger partial charge in [-0.1, -0.05) is 23.7 Å². The van der Waals surface area contributed by atoms with Gasteiger partial charge in [0.05, 0.1) is 10.7 Å². The Kier molecular flexibility index (Phi) is 2.82. The Hall–Kier alpha value is -1.35. The standard InChI is InChI=1S/C8H6ClNO2/c9-6-3-1-2-4-7(6)10-8(12)5-11/h1-5H,(H,10,12). The first-order valence-corrected chi connectivity index (χ1v) is 3.62. The predicted octanol–water partition coefficient (Wildman–Crippen LogP) is 1.48. The van der Waals surface area contributed by atoms with Crippen LogP contribution in [0.5, 0.6) is 0 Å². The minimum atomic E-state index is -0.705. The Morgan fingerprint density at radius 2 is 2.08 bits per heavy atom. The Morgan fingerprint density at radius 3 is 2.67 bits per heavy atom. The SMILES string of the molecule is O=CC(=O)Nc1ccccc1Cl. The summed E-state index contributed by atoms with van der Waals surface area (Å²) < 4.78 is 0. The number of rotatable bonds is 2. The molecule has 0 aliphatic rings. The molecule has 12 heavy (non-hydrogen) atoms. The van der Waals surface area contributed by atoms with Crippen molar-refractivity contribution in [1.82, 2.24) is 0 Å². The molecule has 0 atom stereocenters. The predicted molar refractivity (Wildman–Crippen MR) is 46.1 cm³/mol. The average Bonchev–Trinajstić information content (AvgIpc) is 2.09. The number of benzene rings is 1. The van der Waals surface area contributed by atoms with Crippen molar-refractivity contribution in [3.05, 3.63) is 29.3 Å². The van der Waals surface area contributed by atoms with E-state index in [0.29, 0.717) is 10.7 Å². The molecule has 0 aliphatic heterocycles. The van der Waals surface area contributed by atoms with E-state index in [0.717, 1.165) is 0 Å². The van der Waals surface area contributed by atoms with Gasteiger partial charge in [-0.3, -0.25) is 9.59 Å². The van der Waals surface area contributed by atoms with E-state index in [9.17, 15) is 9.59 Å².